The van der Waals surface area contributed by atoms with E-state index in [1.807, 2.05) is 36.9 Å². The summed E-state index contributed by atoms with van der Waals surface area (Å²) >= 11 is 2.02. The molecular weight excluding hydrogens is 432 g/mol. The third kappa shape index (κ3) is 6.45. The molecule has 1 N–H and O–H groups in total. The molecule has 4 rings (SSSR count). The summed E-state index contributed by atoms with van der Waals surface area (Å²) in [7, 11) is 0. The van der Waals surface area contributed by atoms with Gasteiger partial charge in [-0.3, -0.25) is 9.69 Å². The zero-order valence-electron chi connectivity index (χ0n) is 19.6. The van der Waals surface area contributed by atoms with Crippen LogP contribution in [0.5, 0.6) is 0 Å². The molecule has 0 radical (unpaired) electrons. The summed E-state index contributed by atoms with van der Waals surface area (Å²) in [5, 5.41) is 7.09. The number of hydrogen-bond donors (Lipinski definition) is 1. The Hall–Kier alpha value is -2.64. The second-order valence-electron chi connectivity index (χ2n) is 8.87. The van der Waals surface area contributed by atoms with Crippen LogP contribution in [0.2, 0.25) is 0 Å². The van der Waals surface area contributed by atoms with E-state index in [1.165, 1.54) is 22.6 Å². The van der Waals surface area contributed by atoms with Gasteiger partial charge in [-0.05, 0) is 35.6 Å². The molecule has 0 bridgehead atoms. The molecule has 174 valence electrons. The van der Waals surface area contributed by atoms with Gasteiger partial charge in [-0.2, -0.15) is 16.7 Å². The summed E-state index contributed by atoms with van der Waals surface area (Å²) in [6, 6.07) is 14.5. The Morgan fingerprint density at radius 1 is 1.15 bits per heavy atom. The number of aryl methyl sites for hydroxylation is 2. The zero-order chi connectivity index (χ0) is 23.2. The number of hydrogen-bond acceptors (Lipinski definition) is 6. The second kappa shape index (κ2) is 11.0. The standard InChI is InChI=1S/C26H32N4O2S/c1-18(2)21-5-7-22(8-6-21)26-28-25(32-29-26)11-10-24(31)27-23-9-4-20(16-19(23)3)17-30-12-14-33-15-13-30/h4-9,16,18H,10-15,17H2,1-3H3,(H,27,31). The molecule has 6 nitrogen and oxygen atoms in total. The van der Waals surface area contributed by atoms with E-state index < -0.39 is 0 Å². The molecule has 2 heterocycles. The maximum absolute atomic E-state index is 12.5. The highest BCUT2D eigenvalue weighted by Gasteiger charge is 2.14. The van der Waals surface area contributed by atoms with Crippen LogP contribution in [-0.4, -0.2) is 45.5 Å². The smallest absolute Gasteiger partial charge is 0.227 e. The number of aromatic nitrogens is 2. The third-order valence-corrected chi connectivity index (χ3v) is 6.89. The van der Waals surface area contributed by atoms with Crippen molar-refractivity contribution in [1.29, 1.82) is 0 Å². The predicted octanol–water partition coefficient (Wildman–Crippen LogP) is 5.29. The van der Waals surface area contributed by atoms with Crippen LogP contribution in [0, 0.1) is 6.92 Å². The van der Waals surface area contributed by atoms with E-state index in [4.69, 9.17) is 4.52 Å². The molecular formula is C26H32N4O2S. The fraction of sp³-hybridized carbons (Fsp3) is 0.423. The van der Waals surface area contributed by atoms with Crippen LogP contribution in [-0.2, 0) is 17.8 Å². The van der Waals surface area contributed by atoms with Crippen LogP contribution in [0.15, 0.2) is 47.0 Å². The molecule has 0 unspecified atom stereocenters. The first-order chi connectivity index (χ1) is 16.0. The SMILES string of the molecule is Cc1cc(CN2CCSCC2)ccc1NC(=O)CCc1nc(-c2ccc(C(C)C)cc2)no1. The highest BCUT2D eigenvalue weighted by molar-refractivity contribution is 7.99. The number of thioether (sulfide) groups is 1. The maximum Gasteiger partial charge on any atom is 0.227 e. The van der Waals surface area contributed by atoms with Gasteiger partial charge in [0, 0.05) is 55.2 Å². The molecule has 1 aromatic heterocycles. The van der Waals surface area contributed by atoms with Crippen molar-refractivity contribution >= 4 is 23.4 Å². The molecule has 1 saturated heterocycles. The first-order valence-corrected chi connectivity index (χ1v) is 12.8. The van der Waals surface area contributed by atoms with Gasteiger partial charge in [0.25, 0.3) is 0 Å². The topological polar surface area (TPSA) is 71.3 Å². The van der Waals surface area contributed by atoms with Crippen LogP contribution in [0.3, 0.4) is 0 Å². The Morgan fingerprint density at radius 2 is 1.91 bits per heavy atom. The lowest BCUT2D eigenvalue weighted by atomic mass is 10.0. The Morgan fingerprint density at radius 3 is 2.61 bits per heavy atom. The average molecular weight is 465 g/mol. The van der Waals surface area contributed by atoms with Gasteiger partial charge in [-0.25, -0.2) is 0 Å². The van der Waals surface area contributed by atoms with Crippen molar-refractivity contribution in [2.45, 2.75) is 46.1 Å². The monoisotopic (exact) mass is 464 g/mol. The number of nitrogens with one attached hydrogen (secondary N) is 1. The fourth-order valence-electron chi connectivity index (χ4n) is 3.91. The largest absolute Gasteiger partial charge is 0.339 e. The van der Waals surface area contributed by atoms with Crippen LogP contribution < -0.4 is 5.32 Å². The molecule has 1 amide bonds. The van der Waals surface area contributed by atoms with E-state index in [9.17, 15) is 4.79 Å². The quantitative estimate of drug-likeness (QED) is 0.488. The number of benzene rings is 2. The Labute approximate surface area is 200 Å². The Balaban J connectivity index is 1.28. The van der Waals surface area contributed by atoms with Gasteiger partial charge in [-0.1, -0.05) is 55.4 Å². The average Bonchev–Trinajstić information content (AvgIpc) is 3.29. The zero-order valence-corrected chi connectivity index (χ0v) is 20.5. The minimum atomic E-state index is -0.0556. The van der Waals surface area contributed by atoms with Crippen LogP contribution >= 0.6 is 11.8 Å². The molecule has 0 saturated carbocycles. The molecule has 0 spiro atoms. The number of anilines is 1. The van der Waals surface area contributed by atoms with Crippen molar-refractivity contribution in [3.05, 3.63) is 65.0 Å². The first-order valence-electron chi connectivity index (χ1n) is 11.6. The van der Waals surface area contributed by atoms with E-state index >= 15 is 0 Å². The molecule has 1 aliphatic heterocycles. The molecule has 33 heavy (non-hydrogen) atoms. The van der Waals surface area contributed by atoms with Gasteiger partial charge >= 0.3 is 0 Å². The van der Waals surface area contributed by atoms with Crippen molar-refractivity contribution < 1.29 is 9.32 Å². The molecule has 0 aliphatic carbocycles. The van der Waals surface area contributed by atoms with E-state index in [1.54, 1.807) is 0 Å². The fourth-order valence-corrected chi connectivity index (χ4v) is 4.88. The molecule has 0 atom stereocenters. The van der Waals surface area contributed by atoms with Gasteiger partial charge in [-0.15, -0.1) is 0 Å². The summed E-state index contributed by atoms with van der Waals surface area (Å²) in [6.07, 6.45) is 0.702. The van der Waals surface area contributed by atoms with E-state index in [-0.39, 0.29) is 5.91 Å². The van der Waals surface area contributed by atoms with Crippen molar-refractivity contribution in [1.82, 2.24) is 15.0 Å². The van der Waals surface area contributed by atoms with Crippen LogP contribution in [0.25, 0.3) is 11.4 Å². The minimum Gasteiger partial charge on any atom is -0.339 e. The Bertz CT molecular complexity index is 1070. The lowest BCUT2D eigenvalue weighted by Crippen LogP contribution is -2.31. The van der Waals surface area contributed by atoms with Crippen molar-refractivity contribution in [3.63, 3.8) is 0 Å². The molecule has 1 fully saturated rings. The summed E-state index contributed by atoms with van der Waals surface area (Å²) in [5.74, 6) is 3.87. The van der Waals surface area contributed by atoms with Crippen LogP contribution in [0.4, 0.5) is 5.69 Å². The molecule has 1 aliphatic rings. The van der Waals surface area contributed by atoms with Crippen molar-refractivity contribution in [2.24, 2.45) is 0 Å². The van der Waals surface area contributed by atoms with E-state index in [0.29, 0.717) is 30.5 Å². The lowest BCUT2D eigenvalue weighted by molar-refractivity contribution is -0.116. The summed E-state index contributed by atoms with van der Waals surface area (Å²) in [4.78, 5) is 19.4. The van der Waals surface area contributed by atoms with Gasteiger partial charge < -0.3 is 9.84 Å². The lowest BCUT2D eigenvalue weighted by Gasteiger charge is -2.26. The van der Waals surface area contributed by atoms with Gasteiger partial charge in [0.2, 0.25) is 17.6 Å². The molecule has 2 aromatic carbocycles. The van der Waals surface area contributed by atoms with Gasteiger partial charge in [0.1, 0.15) is 0 Å². The maximum atomic E-state index is 12.5. The minimum absolute atomic E-state index is 0.0556. The first kappa shape index (κ1) is 23.5. The van der Waals surface area contributed by atoms with E-state index in [2.05, 4.69) is 58.5 Å². The van der Waals surface area contributed by atoms with Gasteiger partial charge in [0.15, 0.2) is 0 Å². The normalized spacial score (nSPS) is 14.5. The number of rotatable bonds is 8. The second-order valence-corrected chi connectivity index (χ2v) is 10.1. The predicted molar refractivity (Wildman–Crippen MR) is 135 cm³/mol. The summed E-state index contributed by atoms with van der Waals surface area (Å²) in [5.41, 5.74) is 5.41. The van der Waals surface area contributed by atoms with Crippen LogP contribution in [0.1, 0.15) is 48.8 Å². The number of nitrogens with zero attached hydrogens (tertiary/aromatic N) is 3. The third-order valence-electron chi connectivity index (χ3n) is 5.94. The van der Waals surface area contributed by atoms with Gasteiger partial charge in [0.05, 0.1) is 0 Å². The van der Waals surface area contributed by atoms with Crippen molar-refractivity contribution in [2.75, 3.05) is 29.9 Å². The number of carbonyl (C=O) groups is 1. The summed E-state index contributed by atoms with van der Waals surface area (Å²) < 4.78 is 5.36. The molecule has 7 heteroatoms. The molecule has 3 aromatic rings. The summed E-state index contributed by atoms with van der Waals surface area (Å²) in [6.45, 7) is 9.62. The highest BCUT2D eigenvalue weighted by Crippen LogP contribution is 2.22. The Kier molecular flexibility index (Phi) is 7.83. The van der Waals surface area contributed by atoms with Crippen molar-refractivity contribution in [3.8, 4) is 11.4 Å². The number of amides is 1. The van der Waals surface area contributed by atoms with E-state index in [0.717, 1.165) is 36.4 Å². The highest BCUT2D eigenvalue weighted by atomic mass is 32.2. The number of carbonyl (C=O) groups excluding carboxylic acids is 1.